The van der Waals surface area contributed by atoms with Gasteiger partial charge < -0.3 is 15.0 Å². The summed E-state index contributed by atoms with van der Waals surface area (Å²) in [6.45, 7) is 0.242. The highest BCUT2D eigenvalue weighted by molar-refractivity contribution is 6.46. The number of amides is 1. The van der Waals surface area contributed by atoms with Gasteiger partial charge in [-0.2, -0.15) is 0 Å². The molecule has 4 aromatic rings. The number of fused-ring (bicyclic) bond motifs is 1. The van der Waals surface area contributed by atoms with Gasteiger partial charge in [0.15, 0.2) is 0 Å². The second kappa shape index (κ2) is 8.80. The van der Waals surface area contributed by atoms with Gasteiger partial charge in [0.25, 0.3) is 11.7 Å². The van der Waals surface area contributed by atoms with Crippen molar-refractivity contribution in [2.24, 2.45) is 0 Å². The van der Waals surface area contributed by atoms with E-state index in [-0.39, 0.29) is 17.9 Å². The lowest BCUT2D eigenvalue weighted by Crippen LogP contribution is -2.31. The number of likely N-dealkylation sites (tertiary alicyclic amines) is 1. The fourth-order valence-electron chi connectivity index (χ4n) is 4.44. The Labute approximate surface area is 200 Å². The monoisotopic (exact) mass is 474 g/mol. The number of aliphatic hydroxyl groups is 1. The maximum atomic E-state index is 13.6. The predicted octanol–water partition coefficient (Wildman–Crippen LogP) is 5.62. The van der Waals surface area contributed by atoms with Crippen molar-refractivity contribution >= 4 is 40.0 Å². The Kier molecular flexibility index (Phi) is 5.67. The predicted molar refractivity (Wildman–Crippen MR) is 129 cm³/mol. The molecule has 0 radical (unpaired) electrons. The molecule has 3 aromatic carbocycles. The van der Waals surface area contributed by atoms with Crippen molar-refractivity contribution in [3.05, 3.63) is 112 Å². The van der Waals surface area contributed by atoms with E-state index in [0.29, 0.717) is 22.6 Å². The molecule has 2 N–H and O–H groups in total. The highest BCUT2D eigenvalue weighted by Gasteiger charge is 2.45. The first-order valence-corrected chi connectivity index (χ1v) is 11.2. The van der Waals surface area contributed by atoms with E-state index in [4.69, 9.17) is 11.6 Å². The number of halogens is 2. The van der Waals surface area contributed by atoms with Gasteiger partial charge in [0, 0.05) is 34.2 Å². The van der Waals surface area contributed by atoms with Crippen LogP contribution in [0, 0.1) is 5.82 Å². The van der Waals surface area contributed by atoms with E-state index in [2.05, 4.69) is 4.98 Å². The summed E-state index contributed by atoms with van der Waals surface area (Å²) in [4.78, 5) is 30.9. The van der Waals surface area contributed by atoms with Gasteiger partial charge in [-0.05, 0) is 60.0 Å². The van der Waals surface area contributed by atoms with Crippen LogP contribution in [-0.2, 0) is 16.0 Å². The third-order valence-electron chi connectivity index (χ3n) is 6.14. The number of nitrogens with one attached hydrogen (secondary N) is 1. The van der Waals surface area contributed by atoms with Crippen LogP contribution in [0.5, 0.6) is 0 Å². The Hall–Kier alpha value is -3.90. The van der Waals surface area contributed by atoms with Gasteiger partial charge in [-0.3, -0.25) is 9.59 Å². The van der Waals surface area contributed by atoms with Crippen LogP contribution in [0.15, 0.2) is 84.6 Å². The molecule has 1 aliphatic rings. The number of benzene rings is 3. The number of hydrogen-bond donors (Lipinski definition) is 2. The Morgan fingerprint density at radius 2 is 1.71 bits per heavy atom. The summed E-state index contributed by atoms with van der Waals surface area (Å²) < 4.78 is 13.6. The maximum Gasteiger partial charge on any atom is 0.295 e. The summed E-state index contributed by atoms with van der Waals surface area (Å²) in [5, 5.41) is 12.6. The van der Waals surface area contributed by atoms with Crippen LogP contribution >= 0.6 is 11.6 Å². The fourth-order valence-corrected chi connectivity index (χ4v) is 4.57. The molecule has 1 amide bonds. The van der Waals surface area contributed by atoms with Gasteiger partial charge in [-0.1, -0.05) is 41.9 Å². The van der Waals surface area contributed by atoms with Crippen LogP contribution in [-0.4, -0.2) is 33.2 Å². The zero-order valence-corrected chi connectivity index (χ0v) is 18.7. The Bertz CT molecular complexity index is 1420. The molecule has 1 unspecified atom stereocenters. The SMILES string of the molecule is O=C1C(=O)N(CCc2c[nH]c3ccccc23)C(c2ccc(F)cc2)C1=C(O)c1ccc(Cl)cc1. The fraction of sp³-hybridized carbons (Fsp3) is 0.111. The number of aromatic amines is 1. The number of hydrogen-bond acceptors (Lipinski definition) is 3. The summed E-state index contributed by atoms with van der Waals surface area (Å²) in [6, 6.07) is 19.0. The number of aliphatic hydroxyl groups excluding tert-OH is 1. The molecule has 170 valence electrons. The summed E-state index contributed by atoms with van der Waals surface area (Å²) >= 11 is 5.96. The van der Waals surface area contributed by atoms with E-state index >= 15 is 0 Å². The number of H-pyrrole nitrogens is 1. The van der Waals surface area contributed by atoms with Gasteiger partial charge in [-0.25, -0.2) is 4.39 Å². The quantitative estimate of drug-likeness (QED) is 0.224. The molecule has 1 atom stereocenters. The number of rotatable bonds is 5. The number of ketones is 1. The molecule has 0 spiro atoms. The summed E-state index contributed by atoms with van der Waals surface area (Å²) in [5.74, 6) is -2.21. The first kappa shape index (κ1) is 21.9. The van der Waals surface area contributed by atoms with E-state index in [1.807, 2.05) is 30.5 Å². The third-order valence-corrected chi connectivity index (χ3v) is 6.39. The van der Waals surface area contributed by atoms with Crippen molar-refractivity contribution in [3.8, 4) is 0 Å². The molecule has 1 aliphatic heterocycles. The molecular formula is C27H20ClFN2O3. The molecule has 0 bridgehead atoms. The number of carbonyl (C=O) groups is 2. The molecule has 1 aromatic heterocycles. The molecule has 0 aliphatic carbocycles. The Balaban J connectivity index is 1.56. The Morgan fingerprint density at radius 1 is 1.00 bits per heavy atom. The zero-order valence-electron chi connectivity index (χ0n) is 18.0. The molecular weight excluding hydrogens is 455 g/mol. The van der Waals surface area contributed by atoms with Crippen molar-refractivity contribution in [1.82, 2.24) is 9.88 Å². The van der Waals surface area contributed by atoms with Crippen LogP contribution in [0.25, 0.3) is 16.7 Å². The topological polar surface area (TPSA) is 73.4 Å². The number of nitrogens with zero attached hydrogens (tertiary/aromatic N) is 1. The number of aromatic nitrogens is 1. The maximum absolute atomic E-state index is 13.6. The zero-order chi connectivity index (χ0) is 23.8. The van der Waals surface area contributed by atoms with Gasteiger partial charge in [0.05, 0.1) is 11.6 Å². The minimum absolute atomic E-state index is 0.0298. The minimum atomic E-state index is -0.846. The molecule has 5 rings (SSSR count). The summed E-state index contributed by atoms with van der Waals surface area (Å²) in [5.41, 5.74) is 2.87. The van der Waals surface area contributed by atoms with E-state index < -0.39 is 23.5 Å². The van der Waals surface area contributed by atoms with Crippen molar-refractivity contribution < 1.29 is 19.1 Å². The van der Waals surface area contributed by atoms with Crippen molar-refractivity contribution in [2.45, 2.75) is 12.5 Å². The molecule has 2 heterocycles. The average molecular weight is 475 g/mol. The van der Waals surface area contributed by atoms with Gasteiger partial charge >= 0.3 is 0 Å². The van der Waals surface area contributed by atoms with Gasteiger partial charge in [0.2, 0.25) is 0 Å². The van der Waals surface area contributed by atoms with Crippen molar-refractivity contribution in [2.75, 3.05) is 6.54 Å². The van der Waals surface area contributed by atoms with Crippen molar-refractivity contribution in [1.29, 1.82) is 0 Å². The second-order valence-corrected chi connectivity index (χ2v) is 8.60. The molecule has 34 heavy (non-hydrogen) atoms. The largest absolute Gasteiger partial charge is 0.507 e. The van der Waals surface area contributed by atoms with E-state index in [1.54, 1.807) is 24.3 Å². The molecule has 1 saturated heterocycles. The van der Waals surface area contributed by atoms with E-state index in [9.17, 15) is 19.1 Å². The first-order valence-electron chi connectivity index (χ1n) is 10.8. The number of Topliss-reactive ketones (excluding diaryl/α,β-unsaturated/α-hetero) is 1. The number of para-hydroxylation sites is 1. The standard InChI is InChI=1S/C27H20ClFN2O3/c28-19-9-5-17(6-10-19)25(32)23-24(16-7-11-20(29)12-8-16)31(27(34)26(23)33)14-13-18-15-30-22-4-2-1-3-21(18)22/h1-12,15,24,30,32H,13-14H2. The Morgan fingerprint density at radius 3 is 2.44 bits per heavy atom. The molecule has 0 saturated carbocycles. The highest BCUT2D eigenvalue weighted by Crippen LogP contribution is 2.39. The van der Waals surface area contributed by atoms with Crippen LogP contribution in [0.2, 0.25) is 5.02 Å². The first-order chi connectivity index (χ1) is 16.4. The lowest BCUT2D eigenvalue weighted by atomic mass is 9.95. The van der Waals surface area contributed by atoms with Crippen molar-refractivity contribution in [3.63, 3.8) is 0 Å². The molecule has 7 heteroatoms. The van der Waals surface area contributed by atoms with Gasteiger partial charge in [-0.15, -0.1) is 0 Å². The minimum Gasteiger partial charge on any atom is -0.507 e. The normalized spacial score (nSPS) is 17.6. The lowest BCUT2D eigenvalue weighted by molar-refractivity contribution is -0.139. The van der Waals surface area contributed by atoms with Crippen LogP contribution in [0.1, 0.15) is 22.7 Å². The van der Waals surface area contributed by atoms with Crippen LogP contribution in [0.4, 0.5) is 4.39 Å². The average Bonchev–Trinajstić information content (AvgIpc) is 3.37. The summed E-state index contributed by atoms with van der Waals surface area (Å²) in [7, 11) is 0. The van der Waals surface area contributed by atoms with E-state index in [1.165, 1.54) is 29.2 Å². The third kappa shape index (κ3) is 3.86. The molecule has 5 nitrogen and oxygen atoms in total. The number of carbonyl (C=O) groups excluding carboxylic acids is 2. The summed E-state index contributed by atoms with van der Waals surface area (Å²) in [6.07, 6.45) is 2.39. The van der Waals surface area contributed by atoms with E-state index in [0.717, 1.165) is 16.5 Å². The lowest BCUT2D eigenvalue weighted by Gasteiger charge is -2.25. The smallest absolute Gasteiger partial charge is 0.295 e. The molecule has 1 fully saturated rings. The van der Waals surface area contributed by atoms with Crippen LogP contribution in [0.3, 0.4) is 0 Å². The second-order valence-electron chi connectivity index (χ2n) is 8.16. The highest BCUT2D eigenvalue weighted by atomic mass is 35.5. The van der Waals surface area contributed by atoms with Gasteiger partial charge in [0.1, 0.15) is 11.6 Å². The van der Waals surface area contributed by atoms with Crippen LogP contribution < -0.4 is 0 Å².